The number of aromatic nitrogens is 3. The zero-order valence-corrected chi connectivity index (χ0v) is 17.3. The molecule has 0 radical (unpaired) electrons. The predicted octanol–water partition coefficient (Wildman–Crippen LogP) is 3.03. The number of fused-ring (bicyclic) bond motifs is 1. The van der Waals surface area contributed by atoms with Crippen LogP contribution in [-0.4, -0.2) is 44.9 Å². The van der Waals surface area contributed by atoms with E-state index in [2.05, 4.69) is 17.1 Å². The number of aryl methyl sites for hydroxylation is 1. The second kappa shape index (κ2) is 8.95. The molecule has 29 heavy (non-hydrogen) atoms. The van der Waals surface area contributed by atoms with Crippen LogP contribution in [0.25, 0.3) is 0 Å². The Labute approximate surface area is 172 Å². The molecule has 156 valence electrons. The molecule has 0 aromatic carbocycles. The Morgan fingerprint density at radius 1 is 1.34 bits per heavy atom. The second-order valence-corrected chi connectivity index (χ2v) is 8.21. The van der Waals surface area contributed by atoms with Gasteiger partial charge in [-0.3, -0.25) is 9.48 Å². The highest BCUT2D eigenvalue weighted by molar-refractivity contribution is 5.94. The van der Waals surface area contributed by atoms with Gasteiger partial charge in [-0.15, -0.1) is 6.58 Å². The molecule has 1 aliphatic heterocycles. The molecule has 2 aliphatic rings. The molecule has 0 bridgehead atoms. The van der Waals surface area contributed by atoms with Gasteiger partial charge in [0.25, 0.3) is 5.91 Å². The normalized spacial score (nSPS) is 19.6. The van der Waals surface area contributed by atoms with Crippen molar-refractivity contribution in [2.45, 2.75) is 71.0 Å². The summed E-state index contributed by atoms with van der Waals surface area (Å²) in [6.45, 7) is 8.76. The third-order valence-corrected chi connectivity index (χ3v) is 5.99. The average molecular weight is 398 g/mol. The van der Waals surface area contributed by atoms with E-state index in [1.807, 2.05) is 28.6 Å². The van der Waals surface area contributed by atoms with Gasteiger partial charge >= 0.3 is 0 Å². The van der Waals surface area contributed by atoms with E-state index < -0.39 is 0 Å². The number of hydrogen-bond acceptors (Lipinski definition) is 5. The first kappa shape index (κ1) is 19.9. The topological polar surface area (TPSA) is 76.2 Å². The van der Waals surface area contributed by atoms with Crippen molar-refractivity contribution >= 4 is 5.91 Å². The lowest BCUT2D eigenvalue weighted by molar-refractivity contribution is 0.0753. The van der Waals surface area contributed by atoms with Crippen molar-refractivity contribution in [2.24, 2.45) is 0 Å². The van der Waals surface area contributed by atoms with Crippen molar-refractivity contribution in [1.82, 2.24) is 25.2 Å². The summed E-state index contributed by atoms with van der Waals surface area (Å²) in [7, 11) is 0. The van der Waals surface area contributed by atoms with E-state index in [0.29, 0.717) is 24.8 Å². The van der Waals surface area contributed by atoms with Crippen molar-refractivity contribution in [3.05, 3.63) is 47.1 Å². The summed E-state index contributed by atoms with van der Waals surface area (Å²) in [5.74, 6) is 0.939. The van der Waals surface area contributed by atoms with E-state index in [0.717, 1.165) is 62.2 Å². The lowest BCUT2D eigenvalue weighted by Gasteiger charge is -2.25. The Morgan fingerprint density at radius 3 is 2.83 bits per heavy atom. The molecule has 1 fully saturated rings. The fourth-order valence-electron chi connectivity index (χ4n) is 4.48. The van der Waals surface area contributed by atoms with Gasteiger partial charge in [-0.1, -0.05) is 24.1 Å². The van der Waals surface area contributed by atoms with Crippen molar-refractivity contribution in [1.29, 1.82) is 0 Å². The number of carbonyl (C=O) groups is 1. The largest absolute Gasteiger partial charge is 0.360 e. The van der Waals surface area contributed by atoms with Crippen LogP contribution in [0.4, 0.5) is 0 Å². The zero-order valence-electron chi connectivity index (χ0n) is 17.3. The molecule has 1 aliphatic carbocycles. The van der Waals surface area contributed by atoms with E-state index in [-0.39, 0.29) is 5.91 Å². The van der Waals surface area contributed by atoms with Crippen molar-refractivity contribution in [3.63, 3.8) is 0 Å². The summed E-state index contributed by atoms with van der Waals surface area (Å²) in [6, 6.07) is 2.25. The molecule has 2 aromatic rings. The van der Waals surface area contributed by atoms with E-state index in [1.54, 1.807) is 0 Å². The molecule has 1 amide bonds. The maximum absolute atomic E-state index is 13.3. The molecular formula is C22H31N5O2. The highest BCUT2D eigenvalue weighted by Gasteiger charge is 2.31. The first-order valence-corrected chi connectivity index (χ1v) is 10.8. The number of rotatable bonds is 6. The van der Waals surface area contributed by atoms with E-state index in [9.17, 15) is 4.79 Å². The van der Waals surface area contributed by atoms with Crippen molar-refractivity contribution < 1.29 is 9.32 Å². The fourth-order valence-corrected chi connectivity index (χ4v) is 4.48. The molecule has 7 nitrogen and oxygen atoms in total. The van der Waals surface area contributed by atoms with E-state index >= 15 is 0 Å². The summed E-state index contributed by atoms with van der Waals surface area (Å²) in [6.07, 6.45) is 9.18. The minimum Gasteiger partial charge on any atom is -0.360 e. The number of carbonyl (C=O) groups excluding carboxylic acids is 1. The van der Waals surface area contributed by atoms with Crippen molar-refractivity contribution in [3.8, 4) is 0 Å². The van der Waals surface area contributed by atoms with Gasteiger partial charge < -0.3 is 14.7 Å². The number of amides is 1. The lowest BCUT2D eigenvalue weighted by atomic mass is 9.91. The first-order valence-electron chi connectivity index (χ1n) is 10.8. The van der Waals surface area contributed by atoms with Gasteiger partial charge in [-0.2, -0.15) is 5.10 Å². The minimum absolute atomic E-state index is 0.0949. The third kappa shape index (κ3) is 4.45. The summed E-state index contributed by atoms with van der Waals surface area (Å²) in [5, 5.41) is 12.3. The quantitative estimate of drug-likeness (QED) is 0.758. The van der Waals surface area contributed by atoms with Gasteiger partial charge in [0, 0.05) is 36.5 Å². The Kier molecular flexibility index (Phi) is 6.13. The zero-order chi connectivity index (χ0) is 20.2. The predicted molar refractivity (Wildman–Crippen MR) is 111 cm³/mol. The van der Waals surface area contributed by atoms with Crippen LogP contribution in [0, 0.1) is 6.92 Å². The molecule has 1 unspecified atom stereocenters. The molecule has 1 N–H and O–H groups in total. The minimum atomic E-state index is 0.0949. The smallest absolute Gasteiger partial charge is 0.274 e. The van der Waals surface area contributed by atoms with Crippen LogP contribution in [0.3, 0.4) is 0 Å². The third-order valence-electron chi connectivity index (χ3n) is 5.99. The van der Waals surface area contributed by atoms with Gasteiger partial charge in [0.15, 0.2) is 11.5 Å². The molecule has 1 saturated heterocycles. The fraction of sp³-hybridized carbons (Fsp3) is 0.591. The highest BCUT2D eigenvalue weighted by Crippen LogP contribution is 2.27. The number of allylic oxidation sites excluding steroid dienone is 1. The van der Waals surface area contributed by atoms with Gasteiger partial charge in [-0.25, -0.2) is 0 Å². The Bertz CT molecular complexity index is 861. The maximum atomic E-state index is 13.3. The summed E-state index contributed by atoms with van der Waals surface area (Å²) in [5.41, 5.74) is 3.84. The summed E-state index contributed by atoms with van der Waals surface area (Å²) < 4.78 is 7.29. The molecule has 0 spiro atoms. The maximum Gasteiger partial charge on any atom is 0.274 e. The van der Waals surface area contributed by atoms with Crippen LogP contribution in [-0.2, 0) is 25.9 Å². The van der Waals surface area contributed by atoms with Gasteiger partial charge in [0.2, 0.25) is 0 Å². The van der Waals surface area contributed by atoms with E-state index in [1.165, 1.54) is 18.5 Å². The van der Waals surface area contributed by atoms with Crippen molar-refractivity contribution in [2.75, 3.05) is 13.1 Å². The van der Waals surface area contributed by atoms with Crippen LogP contribution >= 0.6 is 0 Å². The molecule has 0 saturated carbocycles. The Hall–Kier alpha value is -2.41. The summed E-state index contributed by atoms with van der Waals surface area (Å²) >= 11 is 0. The average Bonchev–Trinajstić information content (AvgIpc) is 3.18. The van der Waals surface area contributed by atoms with Gasteiger partial charge in [0.1, 0.15) is 0 Å². The molecule has 2 aromatic heterocycles. The van der Waals surface area contributed by atoms with Gasteiger partial charge in [0.05, 0.1) is 18.8 Å². The monoisotopic (exact) mass is 397 g/mol. The van der Waals surface area contributed by atoms with Crippen LogP contribution in [0.15, 0.2) is 23.2 Å². The Balaban J connectivity index is 1.52. The van der Waals surface area contributed by atoms with Crippen LogP contribution in [0.5, 0.6) is 0 Å². The number of nitrogens with zero attached hydrogens (tertiary/aromatic N) is 4. The summed E-state index contributed by atoms with van der Waals surface area (Å²) in [4.78, 5) is 15.3. The van der Waals surface area contributed by atoms with Crippen LogP contribution < -0.4 is 5.32 Å². The van der Waals surface area contributed by atoms with Crippen LogP contribution in [0.2, 0.25) is 0 Å². The number of nitrogens with one attached hydrogen (secondary N) is 1. The second-order valence-electron chi connectivity index (χ2n) is 8.21. The number of hydrogen-bond donors (Lipinski definition) is 1. The molecule has 4 rings (SSSR count). The lowest BCUT2D eigenvalue weighted by Crippen LogP contribution is -2.36. The van der Waals surface area contributed by atoms with Gasteiger partial charge in [-0.05, 0) is 39.0 Å². The van der Waals surface area contributed by atoms with Crippen LogP contribution in [0.1, 0.15) is 65.3 Å². The molecule has 3 heterocycles. The van der Waals surface area contributed by atoms with E-state index in [4.69, 9.17) is 9.62 Å². The number of likely N-dealkylation sites (tertiary alicyclic amines) is 1. The molecule has 7 heteroatoms. The molecular weight excluding hydrogens is 366 g/mol. The highest BCUT2D eigenvalue weighted by atomic mass is 16.5. The molecule has 1 atom stereocenters. The first-order chi connectivity index (χ1) is 14.2. The SMILES string of the molecule is C=CCn1nc(C(=O)N2CCCCCC2)c2c1CCC(NCc1cc(C)no1)C2. The Morgan fingerprint density at radius 2 is 2.14 bits per heavy atom. The standard InChI is InChI=1S/C22H31N5O2/c1-3-10-27-20-9-8-17(23-15-18-13-16(2)25-29-18)14-19(20)21(24-27)22(28)26-11-6-4-5-7-12-26/h3,13,17,23H,1,4-12,14-15H2,2H3.